The van der Waals surface area contributed by atoms with E-state index in [2.05, 4.69) is 20.9 Å². The molecule has 0 aliphatic rings. The van der Waals surface area contributed by atoms with Gasteiger partial charge in [0.15, 0.2) is 11.5 Å². The fraction of sp³-hybridized carbons (Fsp3) is 0.0741. The summed E-state index contributed by atoms with van der Waals surface area (Å²) < 4.78 is 17.8. The van der Waals surface area contributed by atoms with E-state index in [0.717, 1.165) is 17.9 Å². The lowest BCUT2D eigenvalue weighted by molar-refractivity contribution is -0.394. The lowest BCUT2D eigenvalue weighted by Gasteiger charge is -2.14. The van der Waals surface area contributed by atoms with E-state index in [-0.39, 0.29) is 11.5 Å². The van der Waals surface area contributed by atoms with Crippen LogP contribution in [0, 0.1) is 20.2 Å². The molecule has 0 heterocycles. The van der Waals surface area contributed by atoms with Gasteiger partial charge < -0.3 is 14.2 Å². The minimum Gasteiger partial charge on any atom is -0.490 e. The van der Waals surface area contributed by atoms with E-state index >= 15 is 0 Å². The summed E-state index contributed by atoms with van der Waals surface area (Å²) in [6, 6.07) is 23.3. The number of nitro groups is 2. The zero-order chi connectivity index (χ0) is 27.1. The third-order valence-electron chi connectivity index (χ3n) is 5.07. The fourth-order valence-electron chi connectivity index (χ4n) is 3.36. The van der Waals surface area contributed by atoms with Crippen LogP contribution < -0.4 is 14.2 Å². The highest BCUT2D eigenvalue weighted by molar-refractivity contribution is 9.10. The van der Waals surface area contributed by atoms with Crippen molar-refractivity contribution in [3.05, 3.63) is 115 Å². The molecule has 0 saturated heterocycles. The first-order valence-corrected chi connectivity index (χ1v) is 12.1. The third-order valence-corrected chi connectivity index (χ3v) is 5.66. The molecule has 10 nitrogen and oxygen atoms in total. The summed E-state index contributed by atoms with van der Waals surface area (Å²) in [6.07, 6.45) is 1.64. The standard InChI is InChI=1S/C27H20BrN3O7/c1-2-36-26-15-18(17-29-19-8-11-22(12-9-19)37-21-6-4-3-5-7-21)14-23(28)27(26)38-25-13-10-20(30(32)33)16-24(25)31(34)35/h3-17H,2H2,1H3. The summed E-state index contributed by atoms with van der Waals surface area (Å²) in [6.45, 7) is 2.08. The van der Waals surface area contributed by atoms with Gasteiger partial charge in [0.2, 0.25) is 5.75 Å². The van der Waals surface area contributed by atoms with Crippen LogP contribution in [0.1, 0.15) is 12.5 Å². The molecule has 0 fully saturated rings. The van der Waals surface area contributed by atoms with Gasteiger partial charge in [-0.2, -0.15) is 0 Å². The van der Waals surface area contributed by atoms with Gasteiger partial charge in [0.1, 0.15) is 11.5 Å². The van der Waals surface area contributed by atoms with Gasteiger partial charge in [-0.25, -0.2) is 0 Å². The van der Waals surface area contributed by atoms with E-state index in [4.69, 9.17) is 14.2 Å². The Bertz CT molecular complexity index is 1490. The SMILES string of the molecule is CCOc1cc(C=Nc2ccc(Oc3ccccc3)cc2)cc(Br)c1Oc1ccc([N+](=O)[O-])cc1[N+](=O)[O-]. The molecule has 0 aromatic heterocycles. The van der Waals surface area contributed by atoms with E-state index in [1.807, 2.05) is 54.6 Å². The second kappa shape index (κ2) is 12.0. The monoisotopic (exact) mass is 577 g/mol. The van der Waals surface area contributed by atoms with Crippen molar-refractivity contribution in [1.82, 2.24) is 0 Å². The van der Waals surface area contributed by atoms with Gasteiger partial charge in [-0.1, -0.05) is 18.2 Å². The van der Waals surface area contributed by atoms with Crippen LogP contribution in [0.4, 0.5) is 17.1 Å². The summed E-state index contributed by atoms with van der Waals surface area (Å²) in [4.78, 5) is 25.6. The quantitative estimate of drug-likeness (QED) is 0.106. The van der Waals surface area contributed by atoms with Crippen molar-refractivity contribution in [3.63, 3.8) is 0 Å². The van der Waals surface area contributed by atoms with E-state index < -0.39 is 21.2 Å². The summed E-state index contributed by atoms with van der Waals surface area (Å²) in [5.74, 6) is 1.74. The van der Waals surface area contributed by atoms with Gasteiger partial charge in [0.25, 0.3) is 5.69 Å². The fourth-order valence-corrected chi connectivity index (χ4v) is 3.90. The topological polar surface area (TPSA) is 126 Å². The van der Waals surface area contributed by atoms with Crippen molar-refractivity contribution < 1.29 is 24.1 Å². The van der Waals surface area contributed by atoms with Crippen LogP contribution in [-0.4, -0.2) is 22.7 Å². The molecule has 0 aliphatic heterocycles. The van der Waals surface area contributed by atoms with Crippen molar-refractivity contribution in [1.29, 1.82) is 0 Å². The summed E-state index contributed by atoms with van der Waals surface area (Å²) in [5, 5.41) is 22.5. The predicted molar refractivity (Wildman–Crippen MR) is 145 cm³/mol. The molecule has 192 valence electrons. The van der Waals surface area contributed by atoms with Gasteiger partial charge in [0, 0.05) is 12.3 Å². The number of halogens is 1. The Balaban J connectivity index is 1.56. The minimum absolute atomic E-state index is 0.165. The van der Waals surface area contributed by atoms with Gasteiger partial charge in [0.05, 0.1) is 32.7 Å². The van der Waals surface area contributed by atoms with Crippen molar-refractivity contribution >= 4 is 39.2 Å². The molecule has 11 heteroatoms. The number of aliphatic imine (C=N–C) groups is 1. The average molecular weight is 578 g/mol. The largest absolute Gasteiger partial charge is 0.490 e. The first kappa shape index (κ1) is 26.3. The molecule has 4 aromatic carbocycles. The lowest BCUT2D eigenvalue weighted by Crippen LogP contribution is -2.00. The average Bonchev–Trinajstić information content (AvgIpc) is 2.91. The Morgan fingerprint density at radius 3 is 2.21 bits per heavy atom. The Morgan fingerprint density at radius 1 is 0.842 bits per heavy atom. The maximum atomic E-state index is 11.5. The molecule has 0 aliphatic carbocycles. The number of non-ortho nitro benzene ring substituents is 1. The van der Waals surface area contributed by atoms with Gasteiger partial charge in [-0.3, -0.25) is 25.2 Å². The van der Waals surface area contributed by atoms with E-state index in [1.165, 1.54) is 6.07 Å². The van der Waals surface area contributed by atoms with Crippen molar-refractivity contribution in [2.24, 2.45) is 4.99 Å². The smallest absolute Gasteiger partial charge is 0.318 e. The molecule has 0 spiro atoms. The van der Waals surface area contributed by atoms with E-state index in [0.29, 0.717) is 33.8 Å². The van der Waals surface area contributed by atoms with Gasteiger partial charge in [-0.15, -0.1) is 0 Å². The van der Waals surface area contributed by atoms with Crippen LogP contribution in [0.15, 0.2) is 94.4 Å². The molecular formula is C27H20BrN3O7. The Labute approximate surface area is 225 Å². The first-order valence-electron chi connectivity index (χ1n) is 11.3. The number of rotatable bonds is 10. The molecular weight excluding hydrogens is 558 g/mol. The molecule has 4 aromatic rings. The lowest BCUT2D eigenvalue weighted by atomic mass is 10.2. The number of hydrogen-bond acceptors (Lipinski definition) is 8. The zero-order valence-corrected chi connectivity index (χ0v) is 21.5. The maximum absolute atomic E-state index is 11.5. The van der Waals surface area contributed by atoms with Gasteiger partial charge in [-0.05, 0) is 83.0 Å². The van der Waals surface area contributed by atoms with Crippen molar-refractivity contribution in [3.8, 4) is 28.7 Å². The molecule has 4 rings (SSSR count). The Hall–Kier alpha value is -4.77. The van der Waals surface area contributed by atoms with Crippen LogP contribution in [0.2, 0.25) is 0 Å². The van der Waals surface area contributed by atoms with Crippen LogP contribution in [-0.2, 0) is 0 Å². The maximum Gasteiger partial charge on any atom is 0.318 e. The minimum atomic E-state index is -0.742. The number of benzene rings is 4. The van der Waals surface area contributed by atoms with Crippen LogP contribution >= 0.6 is 15.9 Å². The molecule has 0 unspecified atom stereocenters. The molecule has 0 bridgehead atoms. The van der Waals surface area contributed by atoms with Crippen LogP contribution in [0.25, 0.3) is 0 Å². The second-order valence-electron chi connectivity index (χ2n) is 7.70. The third kappa shape index (κ3) is 6.51. The molecule has 38 heavy (non-hydrogen) atoms. The molecule has 0 radical (unpaired) electrons. The Kier molecular flexibility index (Phi) is 8.29. The first-order chi connectivity index (χ1) is 18.3. The predicted octanol–water partition coefficient (Wildman–Crippen LogP) is 8.00. The zero-order valence-electron chi connectivity index (χ0n) is 19.9. The summed E-state index contributed by atoms with van der Waals surface area (Å²) >= 11 is 3.43. The number of hydrogen-bond donors (Lipinski definition) is 0. The van der Waals surface area contributed by atoms with Gasteiger partial charge >= 0.3 is 5.69 Å². The highest BCUT2D eigenvalue weighted by Gasteiger charge is 2.23. The highest BCUT2D eigenvalue weighted by Crippen LogP contribution is 2.43. The second-order valence-corrected chi connectivity index (χ2v) is 8.55. The van der Waals surface area contributed by atoms with E-state index in [9.17, 15) is 20.2 Å². The molecule has 0 atom stereocenters. The Morgan fingerprint density at radius 2 is 1.55 bits per heavy atom. The highest BCUT2D eigenvalue weighted by atomic mass is 79.9. The number of nitro benzene ring substituents is 2. The molecule has 0 amide bonds. The molecule has 0 N–H and O–H groups in total. The number of para-hydroxylation sites is 1. The summed E-state index contributed by atoms with van der Waals surface area (Å²) in [7, 11) is 0. The summed E-state index contributed by atoms with van der Waals surface area (Å²) in [5.41, 5.74) is 0.412. The van der Waals surface area contributed by atoms with E-state index in [1.54, 1.807) is 25.3 Å². The van der Waals surface area contributed by atoms with Crippen molar-refractivity contribution in [2.75, 3.05) is 6.61 Å². The van der Waals surface area contributed by atoms with Crippen LogP contribution in [0.5, 0.6) is 28.7 Å². The van der Waals surface area contributed by atoms with Crippen molar-refractivity contribution in [2.45, 2.75) is 6.92 Å². The van der Waals surface area contributed by atoms with Crippen LogP contribution in [0.3, 0.4) is 0 Å². The number of nitrogens with zero attached hydrogens (tertiary/aromatic N) is 3. The normalized spacial score (nSPS) is 10.8. The molecule has 0 saturated carbocycles. The number of ether oxygens (including phenoxy) is 3.